The Morgan fingerprint density at radius 2 is 1.83 bits per heavy atom. The molecule has 1 heterocycles. The lowest BCUT2D eigenvalue weighted by atomic mass is 9.94. The average molecular weight is 525 g/mol. The molecule has 6 nitrogen and oxygen atoms in total. The molecule has 3 aromatic carbocycles. The maximum atomic E-state index is 13.2. The molecule has 8 heteroatoms. The molecule has 0 spiro atoms. The van der Waals surface area contributed by atoms with E-state index in [1.165, 1.54) is 5.56 Å². The zero-order valence-electron chi connectivity index (χ0n) is 20.1. The van der Waals surface area contributed by atoms with Crippen molar-refractivity contribution >= 4 is 40.7 Å². The second-order valence-electron chi connectivity index (χ2n) is 8.87. The van der Waals surface area contributed by atoms with Crippen LogP contribution in [-0.4, -0.2) is 24.9 Å². The summed E-state index contributed by atoms with van der Waals surface area (Å²) >= 11 is 12.2. The Balaban J connectivity index is 1.52. The fourth-order valence-electron chi connectivity index (χ4n) is 4.44. The number of nitrogens with one attached hydrogen (secondary N) is 3. The number of hydrogen-bond acceptors (Lipinski definition) is 4. The molecule has 0 saturated carbocycles. The highest BCUT2D eigenvalue weighted by Crippen LogP contribution is 2.30. The third kappa shape index (κ3) is 6.08. The molecule has 1 aliphatic rings. The van der Waals surface area contributed by atoms with Crippen molar-refractivity contribution in [1.82, 2.24) is 10.6 Å². The number of halogens is 2. The van der Waals surface area contributed by atoms with Crippen molar-refractivity contribution in [2.45, 2.75) is 38.3 Å². The van der Waals surface area contributed by atoms with Gasteiger partial charge in [-0.05, 0) is 84.5 Å². The number of hydrogen-bond donors (Lipinski definition) is 4. The lowest BCUT2D eigenvalue weighted by Gasteiger charge is -2.28. The third-order valence-corrected chi connectivity index (χ3v) is 7.22. The van der Waals surface area contributed by atoms with Crippen LogP contribution in [-0.2, 0) is 17.6 Å². The second-order valence-corrected chi connectivity index (χ2v) is 9.68. The number of aryl methyl sites for hydroxylation is 1. The van der Waals surface area contributed by atoms with Gasteiger partial charge in [0.2, 0.25) is 5.91 Å². The Morgan fingerprint density at radius 3 is 2.53 bits per heavy atom. The summed E-state index contributed by atoms with van der Waals surface area (Å²) < 4.78 is 0. The van der Waals surface area contributed by atoms with E-state index in [-0.39, 0.29) is 18.0 Å². The normalized spacial score (nSPS) is 15.6. The van der Waals surface area contributed by atoms with E-state index >= 15 is 0 Å². The first kappa shape index (κ1) is 26.2. The van der Waals surface area contributed by atoms with Crippen LogP contribution in [0.15, 0.2) is 60.7 Å². The van der Waals surface area contributed by atoms with Gasteiger partial charge in [0.25, 0.3) is 5.91 Å². The van der Waals surface area contributed by atoms with Crippen molar-refractivity contribution in [1.29, 1.82) is 0 Å². The zero-order valence-corrected chi connectivity index (χ0v) is 21.6. The van der Waals surface area contributed by atoms with Gasteiger partial charge >= 0.3 is 0 Å². The van der Waals surface area contributed by atoms with E-state index in [9.17, 15) is 9.59 Å². The van der Waals surface area contributed by atoms with E-state index in [0.29, 0.717) is 34.3 Å². The summed E-state index contributed by atoms with van der Waals surface area (Å²) in [5.41, 5.74) is 11.1. The number of nitrogens with two attached hydrogens (primary N) is 1. The van der Waals surface area contributed by atoms with E-state index in [4.69, 9.17) is 28.9 Å². The van der Waals surface area contributed by atoms with Gasteiger partial charge in [-0.15, -0.1) is 0 Å². The molecule has 4 rings (SSSR count). The maximum absolute atomic E-state index is 13.2. The lowest BCUT2D eigenvalue weighted by molar-refractivity contribution is -0.117. The molecule has 0 aliphatic carbocycles. The number of anilines is 1. The highest BCUT2D eigenvalue weighted by molar-refractivity contribution is 6.42. The minimum absolute atomic E-state index is 0.153. The third-order valence-electron chi connectivity index (χ3n) is 6.48. The topological polar surface area (TPSA) is 96.2 Å². The summed E-state index contributed by atoms with van der Waals surface area (Å²) in [6.07, 6.45) is 1.86. The highest BCUT2D eigenvalue weighted by atomic mass is 35.5. The first-order chi connectivity index (χ1) is 17.4. The molecule has 0 aromatic heterocycles. The molecule has 0 fully saturated rings. The Hall–Kier alpha value is -2.90. The van der Waals surface area contributed by atoms with Crippen LogP contribution in [0.2, 0.25) is 10.0 Å². The van der Waals surface area contributed by atoms with Gasteiger partial charge in [-0.1, -0.05) is 54.4 Å². The number of carbonyl (C=O) groups is 2. The summed E-state index contributed by atoms with van der Waals surface area (Å²) in [7, 11) is 0. The molecule has 2 atom stereocenters. The fraction of sp³-hybridized carbons (Fsp3) is 0.286. The molecular formula is C28H30Cl2N4O2. The summed E-state index contributed by atoms with van der Waals surface area (Å²) in [6, 6.07) is 18.6. The fourth-order valence-corrected chi connectivity index (χ4v) is 4.75. The molecule has 1 aliphatic heterocycles. The number of amides is 2. The van der Waals surface area contributed by atoms with Gasteiger partial charge in [-0.25, -0.2) is 0 Å². The van der Waals surface area contributed by atoms with Gasteiger partial charge in [-0.3, -0.25) is 14.9 Å². The van der Waals surface area contributed by atoms with Crippen LogP contribution in [0.4, 0.5) is 5.69 Å². The number of carbonyl (C=O) groups excluding carboxylic acids is 2. The zero-order chi connectivity index (χ0) is 25.7. The highest BCUT2D eigenvalue weighted by Gasteiger charge is 2.24. The van der Waals surface area contributed by atoms with Gasteiger partial charge in [-0.2, -0.15) is 0 Å². The van der Waals surface area contributed by atoms with Crippen molar-refractivity contribution < 1.29 is 9.59 Å². The summed E-state index contributed by atoms with van der Waals surface area (Å²) in [5, 5.41) is 10.3. The van der Waals surface area contributed by atoms with E-state index in [0.717, 1.165) is 36.1 Å². The molecule has 0 bridgehead atoms. The maximum Gasteiger partial charge on any atom is 0.252 e. The molecular weight excluding hydrogens is 495 g/mol. The molecule has 188 valence electrons. The monoisotopic (exact) mass is 524 g/mol. The Bertz CT molecular complexity index is 1250. The Labute approximate surface area is 221 Å². The van der Waals surface area contributed by atoms with Crippen molar-refractivity contribution in [2.75, 3.05) is 18.4 Å². The molecule has 2 unspecified atom stereocenters. The van der Waals surface area contributed by atoms with Crippen LogP contribution in [0.5, 0.6) is 0 Å². The van der Waals surface area contributed by atoms with Gasteiger partial charge in [0.1, 0.15) is 6.17 Å². The minimum Gasteiger partial charge on any atom is -0.333 e. The SMILES string of the molecule is CCc1ccc(C(=O)NC2NCCc3ccc(NC(=O)C(CCN)c4ccc(Cl)c(Cl)c4)cc32)cc1. The minimum atomic E-state index is -0.472. The van der Waals surface area contributed by atoms with E-state index in [2.05, 4.69) is 22.9 Å². The smallest absolute Gasteiger partial charge is 0.252 e. The van der Waals surface area contributed by atoms with Crippen LogP contribution >= 0.6 is 23.2 Å². The van der Waals surface area contributed by atoms with Crippen LogP contribution in [0.3, 0.4) is 0 Å². The largest absolute Gasteiger partial charge is 0.333 e. The summed E-state index contributed by atoms with van der Waals surface area (Å²) in [6.45, 7) is 3.17. The Morgan fingerprint density at radius 1 is 1.06 bits per heavy atom. The second kappa shape index (κ2) is 11.9. The van der Waals surface area contributed by atoms with Crippen LogP contribution in [0.1, 0.15) is 58.0 Å². The van der Waals surface area contributed by atoms with Crippen LogP contribution in [0.25, 0.3) is 0 Å². The molecule has 0 saturated heterocycles. The average Bonchev–Trinajstić information content (AvgIpc) is 2.89. The molecule has 3 aromatic rings. The predicted molar refractivity (Wildman–Crippen MR) is 146 cm³/mol. The van der Waals surface area contributed by atoms with Crippen molar-refractivity contribution in [3.63, 3.8) is 0 Å². The molecule has 2 amide bonds. The van der Waals surface area contributed by atoms with Crippen molar-refractivity contribution in [2.24, 2.45) is 5.73 Å². The van der Waals surface area contributed by atoms with E-state index in [1.807, 2.05) is 42.5 Å². The van der Waals surface area contributed by atoms with Crippen LogP contribution in [0, 0.1) is 0 Å². The van der Waals surface area contributed by atoms with Crippen LogP contribution < -0.4 is 21.7 Å². The predicted octanol–water partition coefficient (Wildman–Crippen LogP) is 5.20. The lowest BCUT2D eigenvalue weighted by Crippen LogP contribution is -2.42. The Kier molecular flexibility index (Phi) is 8.64. The van der Waals surface area contributed by atoms with E-state index < -0.39 is 5.92 Å². The van der Waals surface area contributed by atoms with Gasteiger partial charge < -0.3 is 16.4 Å². The molecule has 36 heavy (non-hydrogen) atoms. The van der Waals surface area contributed by atoms with E-state index in [1.54, 1.807) is 18.2 Å². The number of rotatable bonds is 8. The summed E-state index contributed by atoms with van der Waals surface area (Å²) in [5.74, 6) is -0.806. The van der Waals surface area contributed by atoms with Crippen molar-refractivity contribution in [3.8, 4) is 0 Å². The standard InChI is InChI=1S/C28H30Cl2N4O2/c1-2-17-3-5-19(6-4-17)27(35)34-26-23-16-21(9-7-18(23)12-14-32-26)33-28(36)22(11-13-31)20-8-10-24(29)25(30)15-20/h3-10,15-16,22,26,32H,2,11-14,31H2,1H3,(H,33,36)(H,34,35). The van der Waals surface area contributed by atoms with Gasteiger partial charge in [0.15, 0.2) is 0 Å². The first-order valence-electron chi connectivity index (χ1n) is 12.1. The van der Waals surface area contributed by atoms with Crippen molar-refractivity contribution in [3.05, 3.63) is 98.5 Å². The quantitative estimate of drug-likeness (QED) is 0.325. The van der Waals surface area contributed by atoms with Gasteiger partial charge in [0.05, 0.1) is 16.0 Å². The molecule has 5 N–H and O–H groups in total. The first-order valence-corrected chi connectivity index (χ1v) is 12.9. The van der Waals surface area contributed by atoms with Gasteiger partial charge in [0, 0.05) is 17.8 Å². The molecule has 0 radical (unpaired) electrons. The number of fused-ring (bicyclic) bond motifs is 1. The summed E-state index contributed by atoms with van der Waals surface area (Å²) in [4.78, 5) is 26.1. The number of benzene rings is 3.